The molecule has 11 heavy (non-hydrogen) atoms. The summed E-state index contributed by atoms with van der Waals surface area (Å²) in [7, 11) is 0. The molecule has 0 aliphatic heterocycles. The summed E-state index contributed by atoms with van der Waals surface area (Å²) in [5.41, 5.74) is 0.137. The highest BCUT2D eigenvalue weighted by Gasteiger charge is 1.98. The van der Waals surface area contributed by atoms with Crippen LogP contribution in [0.3, 0.4) is 0 Å². The second-order valence-corrected chi connectivity index (χ2v) is 1.59. The largest absolute Gasteiger partial charge is 0.307 e. The number of rotatable bonds is 1. The first kappa shape index (κ1) is 9.29. The van der Waals surface area contributed by atoms with E-state index < -0.39 is 4.92 Å². The fraction of sp³-hybridized carbons (Fsp3) is 0. The number of carbonyl (C=O) groups is 1. The smallest absolute Gasteiger partial charge is 0.269 e. The van der Waals surface area contributed by atoms with Gasteiger partial charge in [0.05, 0.1) is 4.92 Å². The van der Waals surface area contributed by atoms with Gasteiger partial charge in [-0.05, 0) is 0 Å². The number of nitro groups is 1. The van der Waals surface area contributed by atoms with Crippen LogP contribution in [-0.4, -0.2) is 11.7 Å². The molecule has 0 bridgehead atoms. The third-order valence-electron chi connectivity index (χ3n) is 0.967. The summed E-state index contributed by atoms with van der Waals surface area (Å²) in [6, 6.07) is 7.93. The van der Waals surface area contributed by atoms with Gasteiger partial charge in [-0.25, -0.2) is 0 Å². The highest BCUT2D eigenvalue weighted by atomic mass is 16.6. The number of nitro benzene ring substituents is 1. The number of non-ortho nitro benzene ring substituents is 1. The van der Waals surface area contributed by atoms with Gasteiger partial charge in [0.15, 0.2) is 0 Å². The van der Waals surface area contributed by atoms with Crippen LogP contribution in [0.2, 0.25) is 0 Å². The third-order valence-corrected chi connectivity index (χ3v) is 0.967. The van der Waals surface area contributed by atoms with Gasteiger partial charge in [-0.2, -0.15) is 0 Å². The molecule has 0 N–H and O–H groups in total. The van der Waals surface area contributed by atoms with Crippen LogP contribution in [0, 0.1) is 10.1 Å². The van der Waals surface area contributed by atoms with Crippen molar-refractivity contribution >= 4 is 12.5 Å². The highest BCUT2D eigenvalue weighted by molar-refractivity contribution is 5.27. The lowest BCUT2D eigenvalue weighted by atomic mass is 10.3. The minimum atomic E-state index is -0.417. The number of hydrogen-bond donors (Lipinski definition) is 0. The second-order valence-electron chi connectivity index (χ2n) is 1.59. The second kappa shape index (κ2) is 5.10. The lowest BCUT2D eigenvalue weighted by Crippen LogP contribution is -1.84. The highest BCUT2D eigenvalue weighted by Crippen LogP contribution is 2.06. The number of benzene rings is 1. The van der Waals surface area contributed by atoms with E-state index in [2.05, 4.69) is 0 Å². The normalized spacial score (nSPS) is 7.64. The fourth-order valence-electron chi connectivity index (χ4n) is 0.550. The molecule has 0 aromatic heterocycles. The van der Waals surface area contributed by atoms with Gasteiger partial charge in [-0.3, -0.25) is 10.1 Å². The Hall–Kier alpha value is -1.71. The fourth-order valence-corrected chi connectivity index (χ4v) is 0.550. The Morgan fingerprint density at radius 3 is 1.91 bits per heavy atom. The summed E-state index contributed by atoms with van der Waals surface area (Å²) in [6.07, 6.45) is 0. The standard InChI is InChI=1S/C6H5NO2.CH2O/c8-7(9)6-4-2-1-3-5-6;1-2/h1-5H;1H2. The number of nitrogens with zero attached hydrogens (tertiary/aromatic N) is 1. The molecular weight excluding hydrogens is 146 g/mol. The molecule has 0 saturated heterocycles. The zero-order valence-electron chi connectivity index (χ0n) is 5.77. The Kier molecular flexibility index (Phi) is 4.31. The Bertz CT molecular complexity index is 222. The Morgan fingerprint density at radius 1 is 1.18 bits per heavy atom. The van der Waals surface area contributed by atoms with Crippen molar-refractivity contribution in [2.75, 3.05) is 0 Å². The molecule has 0 radical (unpaired) electrons. The molecule has 0 spiro atoms. The van der Waals surface area contributed by atoms with Crippen LogP contribution in [0.15, 0.2) is 30.3 Å². The predicted molar refractivity (Wildman–Crippen MR) is 40.2 cm³/mol. The van der Waals surface area contributed by atoms with Gasteiger partial charge < -0.3 is 4.79 Å². The third kappa shape index (κ3) is 3.10. The summed E-state index contributed by atoms with van der Waals surface area (Å²) >= 11 is 0. The van der Waals surface area contributed by atoms with E-state index in [0.29, 0.717) is 0 Å². The molecule has 0 atom stereocenters. The number of hydrogen-bond acceptors (Lipinski definition) is 3. The van der Waals surface area contributed by atoms with Gasteiger partial charge in [0, 0.05) is 12.1 Å². The van der Waals surface area contributed by atoms with E-state index in [1.807, 2.05) is 6.79 Å². The van der Waals surface area contributed by atoms with E-state index in [4.69, 9.17) is 4.79 Å². The molecule has 0 fully saturated rings. The van der Waals surface area contributed by atoms with Gasteiger partial charge in [-0.1, -0.05) is 18.2 Å². The zero-order chi connectivity index (χ0) is 8.69. The minimum Gasteiger partial charge on any atom is -0.307 e. The van der Waals surface area contributed by atoms with Crippen molar-refractivity contribution in [3.63, 3.8) is 0 Å². The minimum absolute atomic E-state index is 0.137. The van der Waals surface area contributed by atoms with Crippen LogP contribution in [0.5, 0.6) is 0 Å². The molecule has 0 saturated carbocycles. The van der Waals surface area contributed by atoms with Crippen LogP contribution in [-0.2, 0) is 4.79 Å². The molecule has 1 aromatic rings. The van der Waals surface area contributed by atoms with E-state index >= 15 is 0 Å². The Morgan fingerprint density at radius 2 is 1.64 bits per heavy atom. The first-order valence-electron chi connectivity index (χ1n) is 2.79. The molecular formula is C7H7NO3. The molecule has 0 aliphatic rings. The summed E-state index contributed by atoms with van der Waals surface area (Å²) in [5, 5.41) is 10.0. The molecule has 0 aliphatic carbocycles. The van der Waals surface area contributed by atoms with Gasteiger partial charge >= 0.3 is 0 Å². The number of carbonyl (C=O) groups excluding carboxylic acids is 1. The van der Waals surface area contributed by atoms with Crippen molar-refractivity contribution in [3.05, 3.63) is 40.4 Å². The van der Waals surface area contributed by atoms with Crippen LogP contribution in [0.4, 0.5) is 5.69 Å². The zero-order valence-corrected chi connectivity index (χ0v) is 5.77. The lowest BCUT2D eigenvalue weighted by Gasteiger charge is -1.85. The summed E-state index contributed by atoms with van der Waals surface area (Å²) in [5.74, 6) is 0. The summed E-state index contributed by atoms with van der Waals surface area (Å²) in [6.45, 7) is 2.00. The number of para-hydroxylation sites is 1. The summed E-state index contributed by atoms with van der Waals surface area (Å²) < 4.78 is 0. The van der Waals surface area contributed by atoms with E-state index in [-0.39, 0.29) is 5.69 Å². The van der Waals surface area contributed by atoms with E-state index in [1.165, 1.54) is 12.1 Å². The van der Waals surface area contributed by atoms with E-state index in [1.54, 1.807) is 18.2 Å². The van der Waals surface area contributed by atoms with Crippen molar-refractivity contribution in [3.8, 4) is 0 Å². The predicted octanol–water partition coefficient (Wildman–Crippen LogP) is 1.41. The molecule has 4 heteroatoms. The Labute approximate surface area is 63.6 Å². The van der Waals surface area contributed by atoms with Crippen molar-refractivity contribution in [2.24, 2.45) is 0 Å². The molecule has 0 heterocycles. The monoisotopic (exact) mass is 153 g/mol. The average molecular weight is 153 g/mol. The van der Waals surface area contributed by atoms with Gasteiger partial charge in [0.1, 0.15) is 6.79 Å². The van der Waals surface area contributed by atoms with Crippen LogP contribution >= 0.6 is 0 Å². The summed E-state index contributed by atoms with van der Waals surface area (Å²) in [4.78, 5) is 17.6. The lowest BCUT2D eigenvalue weighted by molar-refractivity contribution is -0.384. The van der Waals surface area contributed by atoms with Crippen molar-refractivity contribution < 1.29 is 9.72 Å². The van der Waals surface area contributed by atoms with Gasteiger partial charge in [-0.15, -0.1) is 0 Å². The van der Waals surface area contributed by atoms with E-state index in [0.717, 1.165) is 0 Å². The average Bonchev–Trinajstić information content (AvgIpc) is 2.10. The first-order valence-corrected chi connectivity index (χ1v) is 2.79. The van der Waals surface area contributed by atoms with Crippen molar-refractivity contribution in [2.45, 2.75) is 0 Å². The SMILES string of the molecule is C=O.O=[N+]([O-])c1ccccc1. The Balaban J connectivity index is 0.000000461. The van der Waals surface area contributed by atoms with E-state index in [9.17, 15) is 10.1 Å². The van der Waals surface area contributed by atoms with Crippen LogP contribution < -0.4 is 0 Å². The maximum atomic E-state index is 10.0. The maximum Gasteiger partial charge on any atom is 0.269 e. The van der Waals surface area contributed by atoms with Crippen molar-refractivity contribution in [1.29, 1.82) is 0 Å². The molecule has 1 aromatic carbocycles. The quantitative estimate of drug-likeness (QED) is 0.452. The first-order chi connectivity index (χ1) is 5.30. The topological polar surface area (TPSA) is 60.2 Å². The van der Waals surface area contributed by atoms with Crippen LogP contribution in [0.25, 0.3) is 0 Å². The molecule has 58 valence electrons. The maximum absolute atomic E-state index is 10.0. The molecule has 0 unspecified atom stereocenters. The molecule has 4 nitrogen and oxygen atoms in total. The van der Waals surface area contributed by atoms with Gasteiger partial charge in [0.2, 0.25) is 0 Å². The molecule has 0 amide bonds. The molecule has 1 rings (SSSR count). The van der Waals surface area contributed by atoms with Crippen molar-refractivity contribution in [1.82, 2.24) is 0 Å². The van der Waals surface area contributed by atoms with Crippen LogP contribution in [0.1, 0.15) is 0 Å². The van der Waals surface area contributed by atoms with Gasteiger partial charge in [0.25, 0.3) is 5.69 Å².